The molecule has 4 rings (SSSR count). The molecule has 0 bridgehead atoms. The first-order chi connectivity index (χ1) is 13.0. The van der Waals surface area contributed by atoms with Gasteiger partial charge in [0.2, 0.25) is 0 Å². The summed E-state index contributed by atoms with van der Waals surface area (Å²) < 4.78 is 18.8. The summed E-state index contributed by atoms with van der Waals surface area (Å²) in [6.07, 6.45) is 2.95. The molecule has 27 heavy (non-hydrogen) atoms. The van der Waals surface area contributed by atoms with Crippen molar-refractivity contribution in [3.63, 3.8) is 0 Å². The molecule has 2 N–H and O–H groups in total. The van der Waals surface area contributed by atoms with Crippen LogP contribution in [0.15, 0.2) is 28.7 Å². The van der Waals surface area contributed by atoms with Crippen molar-refractivity contribution in [3.05, 3.63) is 58.3 Å². The lowest BCUT2D eigenvalue weighted by molar-refractivity contribution is 0.0829. The molecule has 1 aliphatic carbocycles. The third-order valence-corrected chi connectivity index (χ3v) is 8.40. The normalized spacial score (nSPS) is 17.6. The molecule has 1 aromatic carbocycles. The smallest absolute Gasteiger partial charge is 0.305 e. The van der Waals surface area contributed by atoms with Crippen molar-refractivity contribution in [2.75, 3.05) is 11.5 Å². The van der Waals surface area contributed by atoms with Crippen molar-refractivity contribution >= 4 is 35.3 Å². The lowest BCUT2D eigenvalue weighted by Crippen LogP contribution is -2.41. The van der Waals surface area contributed by atoms with Gasteiger partial charge in [0.25, 0.3) is 5.91 Å². The van der Waals surface area contributed by atoms with Crippen molar-refractivity contribution in [2.24, 2.45) is 0 Å². The fourth-order valence-electron chi connectivity index (χ4n) is 3.66. The number of hydrazine groups is 1. The number of thioether (sulfide) groups is 2. The van der Waals surface area contributed by atoms with Crippen LogP contribution < -0.4 is 10.9 Å². The number of nitrogens with one attached hydrogen (secondary N) is 2. The van der Waals surface area contributed by atoms with Crippen molar-refractivity contribution in [2.45, 2.75) is 30.3 Å². The van der Waals surface area contributed by atoms with Gasteiger partial charge < -0.3 is 4.42 Å². The summed E-state index contributed by atoms with van der Waals surface area (Å²) in [4.78, 5) is 24.7. The van der Waals surface area contributed by atoms with Crippen molar-refractivity contribution < 1.29 is 18.4 Å². The molecule has 0 radical (unpaired) electrons. The summed E-state index contributed by atoms with van der Waals surface area (Å²) in [5.74, 6) is 1.90. The van der Waals surface area contributed by atoms with E-state index in [-0.39, 0.29) is 15.4 Å². The maximum Gasteiger partial charge on any atom is 0.305 e. The molecule has 1 aliphatic heterocycles. The van der Waals surface area contributed by atoms with Gasteiger partial charge in [-0.2, -0.15) is 0 Å². The highest BCUT2D eigenvalue weighted by atomic mass is 32.2. The molecule has 8 heteroatoms. The van der Waals surface area contributed by atoms with Crippen molar-refractivity contribution in [3.8, 4) is 0 Å². The van der Waals surface area contributed by atoms with Gasteiger partial charge in [-0.3, -0.25) is 20.4 Å². The zero-order valence-electron chi connectivity index (χ0n) is 14.8. The highest BCUT2D eigenvalue weighted by Gasteiger charge is 2.45. The molecule has 2 amide bonds. The molecule has 0 atom stereocenters. The molecule has 0 unspecified atom stereocenters. The average molecular weight is 407 g/mol. The van der Waals surface area contributed by atoms with Crippen LogP contribution in [0.2, 0.25) is 0 Å². The standard InChI is InChI=1S/C19H19FN2O3S2/c1-11-15-14(3-2-8-19(15)26-9-10-27-19)25-16(11)18(24)22-21-17(23)12-4-6-13(20)7-5-12/h4-7H,2-3,8-10H2,1H3,(H,21,23)(H,22,24). The Labute approximate surface area is 164 Å². The molecular formula is C19H19FN2O3S2. The summed E-state index contributed by atoms with van der Waals surface area (Å²) in [5.41, 5.74) is 7.01. The van der Waals surface area contributed by atoms with E-state index in [2.05, 4.69) is 10.9 Å². The number of rotatable bonds is 2. The quantitative estimate of drug-likeness (QED) is 0.743. The maximum atomic E-state index is 13.0. The Morgan fingerprint density at radius 2 is 1.78 bits per heavy atom. The number of hydrogen-bond acceptors (Lipinski definition) is 5. The van der Waals surface area contributed by atoms with Gasteiger partial charge in [-0.05, 0) is 44.0 Å². The predicted octanol–water partition coefficient (Wildman–Crippen LogP) is 3.77. The Morgan fingerprint density at radius 3 is 2.48 bits per heavy atom. The van der Waals surface area contributed by atoms with E-state index in [9.17, 15) is 14.0 Å². The number of halogens is 1. The summed E-state index contributed by atoms with van der Waals surface area (Å²) >= 11 is 3.87. The molecule has 0 saturated carbocycles. The van der Waals surface area contributed by atoms with Crippen LogP contribution in [-0.2, 0) is 10.5 Å². The monoisotopic (exact) mass is 406 g/mol. The van der Waals surface area contributed by atoms with E-state index in [1.54, 1.807) is 0 Å². The first-order valence-corrected chi connectivity index (χ1v) is 10.7. The minimum Gasteiger partial charge on any atom is -0.455 e. The van der Waals surface area contributed by atoms with E-state index in [0.717, 1.165) is 47.7 Å². The predicted molar refractivity (Wildman–Crippen MR) is 104 cm³/mol. The Kier molecular flexibility index (Phi) is 4.94. The van der Waals surface area contributed by atoms with E-state index in [4.69, 9.17) is 4.42 Å². The Morgan fingerprint density at radius 1 is 1.11 bits per heavy atom. The molecule has 1 spiro atoms. The third kappa shape index (κ3) is 3.36. The fraction of sp³-hybridized carbons (Fsp3) is 0.368. The lowest BCUT2D eigenvalue weighted by atomic mass is 9.94. The second kappa shape index (κ2) is 7.24. The summed E-state index contributed by atoms with van der Waals surface area (Å²) in [5, 5.41) is 0. The molecule has 2 heterocycles. The number of fused-ring (bicyclic) bond motifs is 2. The van der Waals surface area contributed by atoms with Gasteiger partial charge in [0.05, 0.1) is 4.08 Å². The maximum absolute atomic E-state index is 13.0. The number of carbonyl (C=O) groups excluding carboxylic acids is 2. The molecular weight excluding hydrogens is 387 g/mol. The zero-order valence-corrected chi connectivity index (χ0v) is 16.4. The van der Waals surface area contributed by atoms with Gasteiger partial charge in [-0.1, -0.05) is 0 Å². The molecule has 2 aromatic rings. The zero-order chi connectivity index (χ0) is 19.0. The van der Waals surface area contributed by atoms with Crippen LogP contribution in [0.1, 0.15) is 50.6 Å². The Hall–Kier alpha value is -1.93. The summed E-state index contributed by atoms with van der Waals surface area (Å²) in [6, 6.07) is 5.09. The summed E-state index contributed by atoms with van der Waals surface area (Å²) in [6.45, 7) is 1.91. The number of carbonyl (C=O) groups is 2. The highest BCUT2D eigenvalue weighted by Crippen LogP contribution is 2.59. The molecule has 2 aliphatic rings. The molecule has 1 aromatic heterocycles. The Bertz CT molecular complexity index is 889. The van der Waals surface area contributed by atoms with Crippen LogP contribution in [0.5, 0.6) is 0 Å². The van der Waals surface area contributed by atoms with E-state index in [1.807, 2.05) is 30.4 Å². The van der Waals surface area contributed by atoms with Gasteiger partial charge in [0.1, 0.15) is 11.6 Å². The molecule has 1 fully saturated rings. The van der Waals surface area contributed by atoms with Crippen LogP contribution in [0.4, 0.5) is 4.39 Å². The van der Waals surface area contributed by atoms with Gasteiger partial charge in [-0.15, -0.1) is 23.5 Å². The van der Waals surface area contributed by atoms with Crippen LogP contribution in [-0.4, -0.2) is 23.3 Å². The topological polar surface area (TPSA) is 71.3 Å². The van der Waals surface area contributed by atoms with Crippen molar-refractivity contribution in [1.82, 2.24) is 10.9 Å². The summed E-state index contributed by atoms with van der Waals surface area (Å²) in [7, 11) is 0. The first-order valence-electron chi connectivity index (χ1n) is 8.77. The Balaban J connectivity index is 1.51. The second-order valence-corrected chi connectivity index (χ2v) is 9.62. The fourth-order valence-corrected chi connectivity index (χ4v) is 7.22. The SMILES string of the molecule is Cc1c(C(=O)NNC(=O)c2ccc(F)cc2)oc2c1C1(CCC2)SCCS1. The minimum absolute atomic E-state index is 0.00292. The van der Waals surface area contributed by atoms with Crippen LogP contribution in [0.3, 0.4) is 0 Å². The average Bonchev–Trinajstić information content (AvgIpc) is 3.26. The van der Waals surface area contributed by atoms with E-state index >= 15 is 0 Å². The number of benzene rings is 1. The van der Waals surface area contributed by atoms with Gasteiger partial charge in [0.15, 0.2) is 5.76 Å². The first kappa shape index (κ1) is 18.4. The molecule has 5 nitrogen and oxygen atoms in total. The molecule has 1 saturated heterocycles. The minimum atomic E-state index is -0.518. The van der Waals surface area contributed by atoms with E-state index < -0.39 is 17.6 Å². The van der Waals surface area contributed by atoms with E-state index in [0.29, 0.717) is 0 Å². The highest BCUT2D eigenvalue weighted by molar-refractivity contribution is 8.20. The number of amides is 2. The largest absolute Gasteiger partial charge is 0.455 e. The van der Waals surface area contributed by atoms with Crippen LogP contribution >= 0.6 is 23.5 Å². The second-order valence-electron chi connectivity index (χ2n) is 6.57. The van der Waals surface area contributed by atoms with Gasteiger partial charge in [0, 0.05) is 34.6 Å². The number of furan rings is 1. The van der Waals surface area contributed by atoms with Crippen LogP contribution in [0, 0.1) is 12.7 Å². The van der Waals surface area contributed by atoms with Gasteiger partial charge in [-0.25, -0.2) is 4.39 Å². The third-order valence-electron chi connectivity index (χ3n) is 4.87. The number of hydrogen-bond donors (Lipinski definition) is 2. The van der Waals surface area contributed by atoms with Crippen LogP contribution in [0.25, 0.3) is 0 Å². The van der Waals surface area contributed by atoms with Gasteiger partial charge >= 0.3 is 5.91 Å². The number of aryl methyl sites for hydroxylation is 1. The lowest BCUT2D eigenvalue weighted by Gasteiger charge is -2.31. The van der Waals surface area contributed by atoms with E-state index in [1.165, 1.54) is 24.3 Å². The molecule has 142 valence electrons. The van der Waals surface area contributed by atoms with Crippen molar-refractivity contribution in [1.29, 1.82) is 0 Å².